The Labute approximate surface area is 179 Å². The topological polar surface area (TPSA) is 96.6 Å². The molecule has 3 aromatic rings. The number of aliphatic hydroxyl groups excluding tert-OH is 1. The largest absolute Gasteiger partial charge is 0.473 e. The Morgan fingerprint density at radius 3 is 2.93 bits per heavy atom. The monoisotopic (exact) mass is 444 g/mol. The summed E-state index contributed by atoms with van der Waals surface area (Å²) in [4.78, 5) is 8.63. The summed E-state index contributed by atoms with van der Waals surface area (Å²) in [5.41, 5.74) is 1.48. The molecule has 1 atom stereocenters. The number of piperidine rings is 1. The summed E-state index contributed by atoms with van der Waals surface area (Å²) in [5, 5.41) is 19.7. The first kappa shape index (κ1) is 23.1. The fourth-order valence-electron chi connectivity index (χ4n) is 3.16. The van der Waals surface area contributed by atoms with Crippen molar-refractivity contribution in [3.05, 3.63) is 36.4 Å². The van der Waals surface area contributed by atoms with Crippen LogP contribution in [0, 0.1) is 5.82 Å². The van der Waals surface area contributed by atoms with E-state index in [-0.39, 0.29) is 55.8 Å². The average Bonchev–Trinajstić information content (AvgIpc) is 3.13. The molecule has 0 saturated carbocycles. The maximum Gasteiger partial charge on any atom is 0.256 e. The Morgan fingerprint density at radius 2 is 2.17 bits per heavy atom. The highest BCUT2D eigenvalue weighted by atomic mass is 35.5. The standard InChI is InChI=1S/C18H21FN6O2.2ClH/c19-15-17(22-12-4-3-6-20-10-12)23-16(24-18(15)27-9-8-26)13-11-21-25-7-2-1-5-14(13)25;;/h1-2,5,7,11-12,20,26H,3-4,6,8-10H2,(H,22,23,24);2*1H/t12-;;/m1../s1. The first-order valence-electron chi connectivity index (χ1n) is 8.97. The molecule has 3 N–H and O–H groups in total. The molecule has 8 nitrogen and oxygen atoms in total. The molecule has 1 aliphatic heterocycles. The smallest absolute Gasteiger partial charge is 0.256 e. The number of hydrogen-bond acceptors (Lipinski definition) is 7. The molecule has 158 valence electrons. The minimum absolute atomic E-state index is 0. The molecule has 1 fully saturated rings. The van der Waals surface area contributed by atoms with Gasteiger partial charge in [-0.05, 0) is 31.5 Å². The zero-order chi connectivity index (χ0) is 18.6. The summed E-state index contributed by atoms with van der Waals surface area (Å²) in [6.07, 6.45) is 5.40. The van der Waals surface area contributed by atoms with E-state index >= 15 is 0 Å². The molecule has 3 aromatic heterocycles. The van der Waals surface area contributed by atoms with E-state index in [1.165, 1.54) is 0 Å². The molecule has 4 heterocycles. The van der Waals surface area contributed by atoms with Gasteiger partial charge in [0.05, 0.1) is 23.9 Å². The zero-order valence-electron chi connectivity index (χ0n) is 15.5. The second-order valence-electron chi connectivity index (χ2n) is 6.36. The van der Waals surface area contributed by atoms with E-state index in [4.69, 9.17) is 9.84 Å². The third kappa shape index (κ3) is 5.05. The van der Waals surface area contributed by atoms with E-state index in [1.54, 1.807) is 10.7 Å². The Morgan fingerprint density at radius 1 is 1.31 bits per heavy atom. The van der Waals surface area contributed by atoms with Gasteiger partial charge < -0.3 is 20.5 Å². The van der Waals surface area contributed by atoms with E-state index in [1.807, 2.05) is 24.4 Å². The van der Waals surface area contributed by atoms with Crippen molar-refractivity contribution in [3.8, 4) is 17.3 Å². The Hall–Kier alpha value is -2.20. The number of ether oxygens (including phenoxy) is 1. The summed E-state index contributed by atoms with van der Waals surface area (Å²) in [5.74, 6) is -0.432. The predicted molar refractivity (Wildman–Crippen MR) is 113 cm³/mol. The van der Waals surface area contributed by atoms with E-state index in [2.05, 4.69) is 25.7 Å². The maximum absolute atomic E-state index is 14.9. The second kappa shape index (κ2) is 10.5. The van der Waals surface area contributed by atoms with E-state index in [0.29, 0.717) is 11.4 Å². The number of halogens is 3. The Balaban J connectivity index is 0.00000150. The van der Waals surface area contributed by atoms with Gasteiger partial charge in [-0.3, -0.25) is 0 Å². The van der Waals surface area contributed by atoms with Gasteiger partial charge >= 0.3 is 0 Å². The normalized spacial score (nSPS) is 16.0. The van der Waals surface area contributed by atoms with Crippen LogP contribution in [-0.2, 0) is 0 Å². The van der Waals surface area contributed by atoms with Crippen molar-refractivity contribution in [2.24, 2.45) is 0 Å². The molecular weight excluding hydrogens is 422 g/mol. The summed E-state index contributed by atoms with van der Waals surface area (Å²) < 4.78 is 21.9. The number of fused-ring (bicyclic) bond motifs is 1. The zero-order valence-corrected chi connectivity index (χ0v) is 17.2. The van der Waals surface area contributed by atoms with Gasteiger partial charge in [0.25, 0.3) is 5.88 Å². The quantitative estimate of drug-likeness (QED) is 0.536. The number of nitrogens with zero attached hydrogens (tertiary/aromatic N) is 4. The molecule has 11 heteroatoms. The van der Waals surface area contributed by atoms with E-state index in [9.17, 15) is 4.39 Å². The molecule has 29 heavy (non-hydrogen) atoms. The van der Waals surface area contributed by atoms with Crippen molar-refractivity contribution in [1.82, 2.24) is 24.9 Å². The molecule has 0 aromatic carbocycles. The average molecular weight is 445 g/mol. The van der Waals surface area contributed by atoms with Crippen molar-refractivity contribution in [1.29, 1.82) is 0 Å². The van der Waals surface area contributed by atoms with Crippen LogP contribution in [0.1, 0.15) is 12.8 Å². The SMILES string of the molecule is Cl.Cl.OCCOc1nc(-c2cnn3ccccc23)nc(N[C@@H]2CCCNC2)c1F. The summed E-state index contributed by atoms with van der Waals surface area (Å²) in [6.45, 7) is 1.42. The van der Waals surface area contributed by atoms with Crippen LogP contribution in [0.4, 0.5) is 10.2 Å². The maximum atomic E-state index is 14.9. The first-order valence-corrected chi connectivity index (χ1v) is 8.97. The number of pyridine rings is 1. The minimum Gasteiger partial charge on any atom is -0.473 e. The summed E-state index contributed by atoms with van der Waals surface area (Å²) in [7, 11) is 0. The van der Waals surface area contributed by atoms with Gasteiger partial charge in [-0.1, -0.05) is 6.07 Å². The molecule has 0 bridgehead atoms. The van der Waals surface area contributed by atoms with Gasteiger partial charge in [0.15, 0.2) is 11.6 Å². The third-order valence-electron chi connectivity index (χ3n) is 4.46. The highest BCUT2D eigenvalue weighted by Crippen LogP contribution is 2.29. The van der Waals surface area contributed by atoms with Crippen LogP contribution in [0.5, 0.6) is 5.88 Å². The number of anilines is 1. The lowest BCUT2D eigenvalue weighted by molar-refractivity contribution is 0.191. The lowest BCUT2D eigenvalue weighted by Gasteiger charge is -2.24. The lowest BCUT2D eigenvalue weighted by Crippen LogP contribution is -2.38. The number of aromatic nitrogens is 4. The first-order chi connectivity index (χ1) is 13.3. The number of hydrogen-bond donors (Lipinski definition) is 3. The van der Waals surface area contributed by atoms with Crippen LogP contribution >= 0.6 is 24.8 Å². The van der Waals surface area contributed by atoms with Gasteiger partial charge in [-0.15, -0.1) is 24.8 Å². The summed E-state index contributed by atoms with van der Waals surface area (Å²) >= 11 is 0. The lowest BCUT2D eigenvalue weighted by atomic mass is 10.1. The van der Waals surface area contributed by atoms with Crippen LogP contribution < -0.4 is 15.4 Å². The fraction of sp³-hybridized carbons (Fsp3) is 0.389. The van der Waals surface area contributed by atoms with Crippen molar-refractivity contribution < 1.29 is 14.2 Å². The van der Waals surface area contributed by atoms with Crippen molar-refractivity contribution in [2.45, 2.75) is 18.9 Å². The van der Waals surface area contributed by atoms with Crippen LogP contribution in [0.3, 0.4) is 0 Å². The van der Waals surface area contributed by atoms with Crippen LogP contribution in [0.15, 0.2) is 30.6 Å². The molecule has 1 aliphatic rings. The van der Waals surface area contributed by atoms with Gasteiger partial charge in [0, 0.05) is 18.8 Å². The fourth-order valence-corrected chi connectivity index (χ4v) is 3.16. The molecular formula is C18H23Cl2FN6O2. The van der Waals surface area contributed by atoms with Crippen molar-refractivity contribution in [3.63, 3.8) is 0 Å². The molecule has 4 rings (SSSR count). The van der Waals surface area contributed by atoms with Crippen molar-refractivity contribution >= 4 is 36.1 Å². The number of nitrogens with one attached hydrogen (secondary N) is 2. The molecule has 0 amide bonds. The minimum atomic E-state index is -0.658. The molecule has 0 radical (unpaired) electrons. The second-order valence-corrected chi connectivity index (χ2v) is 6.36. The van der Waals surface area contributed by atoms with Gasteiger partial charge in [0.1, 0.15) is 6.61 Å². The Kier molecular flexibility index (Phi) is 8.39. The highest BCUT2D eigenvalue weighted by Gasteiger charge is 2.22. The van der Waals surface area contributed by atoms with E-state index < -0.39 is 5.82 Å². The van der Waals surface area contributed by atoms with Gasteiger partial charge in [0.2, 0.25) is 5.82 Å². The molecule has 0 unspecified atom stereocenters. The van der Waals surface area contributed by atoms with E-state index in [0.717, 1.165) is 31.4 Å². The molecule has 0 spiro atoms. The highest BCUT2D eigenvalue weighted by molar-refractivity contribution is 5.85. The summed E-state index contributed by atoms with van der Waals surface area (Å²) in [6, 6.07) is 5.72. The third-order valence-corrected chi connectivity index (χ3v) is 4.46. The molecule has 1 saturated heterocycles. The number of aliphatic hydroxyl groups is 1. The Bertz CT molecular complexity index is 936. The van der Waals surface area contributed by atoms with Gasteiger partial charge in [-0.2, -0.15) is 14.5 Å². The van der Waals surface area contributed by atoms with Crippen LogP contribution in [0.2, 0.25) is 0 Å². The van der Waals surface area contributed by atoms with Crippen LogP contribution in [-0.4, -0.2) is 57.0 Å². The number of rotatable bonds is 6. The van der Waals surface area contributed by atoms with Crippen LogP contribution in [0.25, 0.3) is 16.9 Å². The predicted octanol–water partition coefficient (Wildman–Crippen LogP) is 2.31. The van der Waals surface area contributed by atoms with Gasteiger partial charge in [-0.25, -0.2) is 9.50 Å². The van der Waals surface area contributed by atoms with Crippen molar-refractivity contribution in [2.75, 3.05) is 31.6 Å². The molecule has 0 aliphatic carbocycles.